The largest absolute Gasteiger partial charge is 0.438 e. The molecule has 0 radical (unpaired) electrons. The average Bonchev–Trinajstić information content (AvgIpc) is 2.68. The molecule has 2 rings (SSSR count). The van der Waals surface area contributed by atoms with Crippen LogP contribution >= 0.6 is 0 Å². The minimum atomic E-state index is -0.944. The summed E-state index contributed by atoms with van der Waals surface area (Å²) in [5.74, 6) is 0. The topological polar surface area (TPSA) is 58.6 Å². The zero-order chi connectivity index (χ0) is 12.3. The first-order chi connectivity index (χ1) is 8.22. The Bertz CT molecular complexity index is 418. The number of aliphatic hydroxyl groups is 1. The third-order valence-corrected chi connectivity index (χ3v) is 2.97. The summed E-state index contributed by atoms with van der Waals surface area (Å²) in [5.41, 5.74) is -0.0329. The van der Waals surface area contributed by atoms with E-state index >= 15 is 0 Å². The summed E-state index contributed by atoms with van der Waals surface area (Å²) in [5, 5.41) is 12.3. The Morgan fingerprint density at radius 2 is 2.18 bits per heavy atom. The molecule has 2 N–H and O–H groups in total. The molecule has 17 heavy (non-hydrogen) atoms. The van der Waals surface area contributed by atoms with Crippen molar-refractivity contribution in [1.82, 2.24) is 5.32 Å². The number of cyclic esters (lactones) is 1. The van der Waals surface area contributed by atoms with Crippen LogP contribution in [0.15, 0.2) is 43.0 Å². The molecule has 1 aromatic rings. The van der Waals surface area contributed by atoms with Crippen molar-refractivity contribution in [3.05, 3.63) is 48.6 Å². The maximum atomic E-state index is 11.4. The summed E-state index contributed by atoms with van der Waals surface area (Å²) in [4.78, 5) is 11.4. The number of amides is 1. The Kier molecular flexibility index (Phi) is 3.15. The van der Waals surface area contributed by atoms with Gasteiger partial charge in [0.15, 0.2) is 5.60 Å². The summed E-state index contributed by atoms with van der Waals surface area (Å²) in [7, 11) is 0. The number of hydrogen-bond donors (Lipinski definition) is 2. The van der Waals surface area contributed by atoms with E-state index in [1.807, 2.05) is 30.3 Å². The maximum Gasteiger partial charge on any atom is 0.408 e. The third-order valence-electron chi connectivity index (χ3n) is 2.97. The van der Waals surface area contributed by atoms with Crippen LogP contribution in [-0.4, -0.2) is 23.4 Å². The second-order valence-corrected chi connectivity index (χ2v) is 4.09. The number of rotatable bonds is 4. The van der Waals surface area contributed by atoms with Gasteiger partial charge in [-0.25, -0.2) is 4.79 Å². The fourth-order valence-electron chi connectivity index (χ4n) is 2.15. The molecule has 1 amide bonds. The third kappa shape index (κ3) is 2.03. The van der Waals surface area contributed by atoms with Crippen molar-refractivity contribution in [2.45, 2.75) is 18.1 Å². The van der Waals surface area contributed by atoms with Crippen molar-refractivity contribution in [3.63, 3.8) is 0 Å². The standard InChI is InChI=1S/C13H15NO3/c1-2-8-13(9-15)11(14-12(16)17-13)10-6-4-3-5-7-10/h2-7,11,15H,1,8-9H2,(H,14,16)/t11-,13-/m0/s1. The van der Waals surface area contributed by atoms with E-state index in [0.717, 1.165) is 5.56 Å². The summed E-state index contributed by atoms with van der Waals surface area (Å²) < 4.78 is 5.23. The van der Waals surface area contributed by atoms with Crippen LogP contribution in [0.4, 0.5) is 4.79 Å². The number of ether oxygens (including phenoxy) is 1. The van der Waals surface area contributed by atoms with Crippen molar-refractivity contribution >= 4 is 6.09 Å². The smallest absolute Gasteiger partial charge is 0.408 e. The van der Waals surface area contributed by atoms with Crippen LogP contribution < -0.4 is 5.32 Å². The summed E-state index contributed by atoms with van der Waals surface area (Å²) in [6.07, 6.45) is 1.54. The highest BCUT2D eigenvalue weighted by Crippen LogP contribution is 2.37. The van der Waals surface area contributed by atoms with Crippen LogP contribution in [0.2, 0.25) is 0 Å². The molecular formula is C13H15NO3. The van der Waals surface area contributed by atoms with E-state index in [4.69, 9.17) is 4.74 Å². The molecule has 4 heteroatoms. The zero-order valence-electron chi connectivity index (χ0n) is 9.43. The van der Waals surface area contributed by atoms with E-state index in [2.05, 4.69) is 11.9 Å². The van der Waals surface area contributed by atoms with E-state index in [9.17, 15) is 9.90 Å². The summed E-state index contributed by atoms with van der Waals surface area (Å²) in [6, 6.07) is 9.11. The van der Waals surface area contributed by atoms with E-state index in [-0.39, 0.29) is 12.6 Å². The lowest BCUT2D eigenvalue weighted by Gasteiger charge is -2.29. The summed E-state index contributed by atoms with van der Waals surface area (Å²) >= 11 is 0. The molecular weight excluding hydrogens is 218 g/mol. The van der Waals surface area contributed by atoms with Crippen LogP contribution in [0.5, 0.6) is 0 Å². The molecule has 0 bridgehead atoms. The Hall–Kier alpha value is -1.81. The van der Waals surface area contributed by atoms with Crippen molar-refractivity contribution in [2.75, 3.05) is 6.61 Å². The zero-order valence-corrected chi connectivity index (χ0v) is 9.43. The lowest BCUT2D eigenvalue weighted by atomic mass is 9.87. The molecule has 1 saturated heterocycles. The molecule has 90 valence electrons. The number of hydrogen-bond acceptors (Lipinski definition) is 3. The molecule has 0 saturated carbocycles. The quantitative estimate of drug-likeness (QED) is 0.779. The van der Waals surface area contributed by atoms with Crippen molar-refractivity contribution in [1.29, 1.82) is 0 Å². The van der Waals surface area contributed by atoms with Gasteiger partial charge in [0.2, 0.25) is 0 Å². The number of alkyl carbamates (subject to hydrolysis) is 1. The van der Waals surface area contributed by atoms with Gasteiger partial charge in [0.25, 0.3) is 0 Å². The normalized spacial score (nSPS) is 27.4. The van der Waals surface area contributed by atoms with Gasteiger partial charge < -0.3 is 15.2 Å². The molecule has 2 atom stereocenters. The van der Waals surface area contributed by atoms with Gasteiger partial charge in [-0.3, -0.25) is 0 Å². The predicted octanol–water partition coefficient (Wildman–Crippen LogP) is 1.77. The van der Waals surface area contributed by atoms with E-state index in [1.165, 1.54) is 0 Å². The van der Waals surface area contributed by atoms with Gasteiger partial charge >= 0.3 is 6.09 Å². The molecule has 1 aliphatic rings. The van der Waals surface area contributed by atoms with E-state index in [1.54, 1.807) is 6.08 Å². The second kappa shape index (κ2) is 4.59. The molecule has 0 spiro atoms. The molecule has 1 aliphatic heterocycles. The molecule has 4 nitrogen and oxygen atoms in total. The van der Waals surface area contributed by atoms with E-state index < -0.39 is 11.7 Å². The van der Waals surface area contributed by atoms with Gasteiger partial charge in [-0.05, 0) is 5.56 Å². The van der Waals surface area contributed by atoms with Crippen molar-refractivity contribution in [2.24, 2.45) is 0 Å². The number of aliphatic hydroxyl groups excluding tert-OH is 1. The molecule has 1 aromatic carbocycles. The molecule has 0 aliphatic carbocycles. The Morgan fingerprint density at radius 3 is 2.76 bits per heavy atom. The molecule has 0 unspecified atom stereocenters. The monoisotopic (exact) mass is 233 g/mol. The van der Waals surface area contributed by atoms with Crippen LogP contribution in [0.1, 0.15) is 18.0 Å². The minimum absolute atomic E-state index is 0.239. The number of nitrogens with one attached hydrogen (secondary N) is 1. The van der Waals surface area contributed by atoms with Gasteiger partial charge in [-0.2, -0.15) is 0 Å². The first-order valence-electron chi connectivity index (χ1n) is 5.48. The fourth-order valence-corrected chi connectivity index (χ4v) is 2.15. The van der Waals surface area contributed by atoms with Gasteiger partial charge in [-0.15, -0.1) is 6.58 Å². The highest BCUT2D eigenvalue weighted by molar-refractivity contribution is 5.71. The van der Waals surface area contributed by atoms with Gasteiger partial charge in [0.05, 0.1) is 12.6 Å². The number of benzene rings is 1. The Balaban J connectivity index is 2.36. The first kappa shape index (κ1) is 11.7. The molecule has 1 heterocycles. The highest BCUT2D eigenvalue weighted by atomic mass is 16.6. The van der Waals surface area contributed by atoms with Crippen LogP contribution in [0.3, 0.4) is 0 Å². The number of carbonyl (C=O) groups is 1. The Morgan fingerprint density at radius 1 is 1.47 bits per heavy atom. The van der Waals surface area contributed by atoms with Crippen molar-refractivity contribution in [3.8, 4) is 0 Å². The average molecular weight is 233 g/mol. The summed E-state index contributed by atoms with van der Waals surface area (Å²) in [6.45, 7) is 3.40. The van der Waals surface area contributed by atoms with Gasteiger partial charge in [0.1, 0.15) is 0 Å². The number of carbonyl (C=O) groups excluding carboxylic acids is 1. The molecule has 1 fully saturated rings. The maximum absolute atomic E-state index is 11.4. The van der Waals surface area contributed by atoms with Crippen LogP contribution in [-0.2, 0) is 4.74 Å². The first-order valence-corrected chi connectivity index (χ1v) is 5.48. The lowest BCUT2D eigenvalue weighted by molar-refractivity contribution is -0.0105. The molecule has 0 aromatic heterocycles. The van der Waals surface area contributed by atoms with Crippen LogP contribution in [0, 0.1) is 0 Å². The fraction of sp³-hybridized carbons (Fsp3) is 0.308. The second-order valence-electron chi connectivity index (χ2n) is 4.09. The minimum Gasteiger partial charge on any atom is -0.438 e. The van der Waals surface area contributed by atoms with Gasteiger partial charge in [-0.1, -0.05) is 36.4 Å². The Labute approximate surface area is 99.9 Å². The van der Waals surface area contributed by atoms with Crippen LogP contribution in [0.25, 0.3) is 0 Å². The highest BCUT2D eigenvalue weighted by Gasteiger charge is 2.48. The lowest BCUT2D eigenvalue weighted by Crippen LogP contribution is -2.40. The van der Waals surface area contributed by atoms with Crippen molar-refractivity contribution < 1.29 is 14.6 Å². The SMILES string of the molecule is C=CC[C@@]1(CO)OC(=O)N[C@H]1c1ccccc1. The van der Waals surface area contributed by atoms with Gasteiger partial charge in [0, 0.05) is 6.42 Å². The predicted molar refractivity (Wildman–Crippen MR) is 63.4 cm³/mol. The van der Waals surface area contributed by atoms with E-state index in [0.29, 0.717) is 6.42 Å².